The molecule has 2 amide bonds. The van der Waals surface area contributed by atoms with Gasteiger partial charge in [0.1, 0.15) is 18.2 Å². The maximum atomic E-state index is 13.6. The average Bonchev–Trinajstić information content (AvgIpc) is 2.88. The summed E-state index contributed by atoms with van der Waals surface area (Å²) in [5.74, 6) is -0.760. The van der Waals surface area contributed by atoms with Gasteiger partial charge in [-0.1, -0.05) is 6.07 Å². The molecular formula is C26H28FN5O3. The van der Waals surface area contributed by atoms with Crippen molar-refractivity contribution in [1.82, 2.24) is 9.88 Å². The predicted molar refractivity (Wildman–Crippen MR) is 134 cm³/mol. The Hall–Kier alpha value is -3.98. The molecule has 0 bridgehead atoms. The molecule has 0 aliphatic carbocycles. The van der Waals surface area contributed by atoms with Gasteiger partial charge in [0.25, 0.3) is 5.91 Å². The molecule has 0 saturated carbocycles. The number of nitrogens with zero attached hydrogens (tertiary/aromatic N) is 3. The molecular weight excluding hydrogens is 449 g/mol. The van der Waals surface area contributed by atoms with Gasteiger partial charge in [-0.05, 0) is 61.5 Å². The first kappa shape index (κ1) is 24.2. The van der Waals surface area contributed by atoms with Crippen LogP contribution in [0.15, 0.2) is 66.9 Å². The standard InChI is InChI=1S/C26H28FN5O3/c1-2-31(18-24(33)29-20-8-10-22(11-9-20)32-13-15-35-16-14-32)26(34)23-7-4-12-28-25(23)30-21-6-3-5-19(27)17-21/h3-12,17H,2,13-16,18H2,1H3,(H,28,30)(H,29,33). The maximum absolute atomic E-state index is 13.6. The third kappa shape index (κ3) is 6.33. The Morgan fingerprint density at radius 3 is 2.54 bits per heavy atom. The van der Waals surface area contributed by atoms with Crippen LogP contribution >= 0.6 is 0 Å². The number of carbonyl (C=O) groups excluding carboxylic acids is 2. The number of hydrogen-bond donors (Lipinski definition) is 2. The van der Waals surface area contributed by atoms with Crippen LogP contribution in [-0.4, -0.2) is 61.1 Å². The molecule has 0 radical (unpaired) electrons. The third-order valence-electron chi connectivity index (χ3n) is 5.66. The fraction of sp³-hybridized carbons (Fsp3) is 0.269. The SMILES string of the molecule is CCN(CC(=O)Nc1ccc(N2CCOCC2)cc1)C(=O)c1cccnc1Nc1cccc(F)c1. The van der Waals surface area contributed by atoms with Crippen LogP contribution in [0.5, 0.6) is 0 Å². The van der Waals surface area contributed by atoms with Crippen molar-refractivity contribution in [3.8, 4) is 0 Å². The number of hydrogen-bond acceptors (Lipinski definition) is 6. The number of morpholine rings is 1. The van der Waals surface area contributed by atoms with Gasteiger partial charge in [-0.2, -0.15) is 0 Å². The molecule has 1 fully saturated rings. The summed E-state index contributed by atoms with van der Waals surface area (Å²) in [4.78, 5) is 33.9. The first-order valence-electron chi connectivity index (χ1n) is 11.5. The summed E-state index contributed by atoms with van der Waals surface area (Å²) in [6.07, 6.45) is 1.54. The number of carbonyl (C=O) groups is 2. The minimum absolute atomic E-state index is 0.116. The Kier molecular flexibility index (Phi) is 7.89. The molecule has 2 heterocycles. The van der Waals surface area contributed by atoms with E-state index < -0.39 is 5.82 Å². The summed E-state index contributed by atoms with van der Waals surface area (Å²) < 4.78 is 18.9. The van der Waals surface area contributed by atoms with Crippen LogP contribution in [0.25, 0.3) is 0 Å². The van der Waals surface area contributed by atoms with E-state index in [1.165, 1.54) is 17.0 Å². The molecule has 35 heavy (non-hydrogen) atoms. The molecule has 8 nitrogen and oxygen atoms in total. The molecule has 4 rings (SSSR count). The molecule has 3 aromatic rings. The Morgan fingerprint density at radius 2 is 1.83 bits per heavy atom. The summed E-state index contributed by atoms with van der Waals surface area (Å²) >= 11 is 0. The summed E-state index contributed by atoms with van der Waals surface area (Å²) in [5.41, 5.74) is 2.50. The van der Waals surface area contributed by atoms with Crippen molar-refractivity contribution < 1.29 is 18.7 Å². The molecule has 1 aliphatic rings. The fourth-order valence-corrected chi connectivity index (χ4v) is 3.83. The number of pyridine rings is 1. The number of ether oxygens (including phenoxy) is 1. The number of aromatic nitrogens is 1. The first-order chi connectivity index (χ1) is 17.0. The quantitative estimate of drug-likeness (QED) is 0.512. The largest absolute Gasteiger partial charge is 0.378 e. The molecule has 0 spiro atoms. The van der Waals surface area contributed by atoms with Crippen LogP contribution in [0.1, 0.15) is 17.3 Å². The van der Waals surface area contributed by atoms with Gasteiger partial charge in [-0.3, -0.25) is 9.59 Å². The van der Waals surface area contributed by atoms with Gasteiger partial charge in [0, 0.05) is 42.9 Å². The zero-order valence-corrected chi connectivity index (χ0v) is 19.5. The van der Waals surface area contributed by atoms with E-state index in [0.29, 0.717) is 42.5 Å². The number of halogens is 1. The number of benzene rings is 2. The van der Waals surface area contributed by atoms with Crippen molar-refractivity contribution >= 4 is 34.7 Å². The van der Waals surface area contributed by atoms with Crippen molar-refractivity contribution in [3.63, 3.8) is 0 Å². The van der Waals surface area contributed by atoms with Crippen LogP contribution in [-0.2, 0) is 9.53 Å². The van der Waals surface area contributed by atoms with Crippen molar-refractivity contribution in [1.29, 1.82) is 0 Å². The highest BCUT2D eigenvalue weighted by Crippen LogP contribution is 2.21. The molecule has 2 N–H and O–H groups in total. The lowest BCUT2D eigenvalue weighted by molar-refractivity contribution is -0.116. The lowest BCUT2D eigenvalue weighted by Crippen LogP contribution is -2.38. The van der Waals surface area contributed by atoms with Crippen LogP contribution < -0.4 is 15.5 Å². The van der Waals surface area contributed by atoms with Gasteiger partial charge in [0.05, 0.1) is 18.8 Å². The van der Waals surface area contributed by atoms with Gasteiger partial charge in [0.15, 0.2) is 0 Å². The monoisotopic (exact) mass is 477 g/mol. The Bertz CT molecular complexity index is 1170. The second-order valence-corrected chi connectivity index (χ2v) is 8.05. The molecule has 2 aromatic carbocycles. The Labute approximate surface area is 203 Å². The van der Waals surface area contributed by atoms with E-state index in [2.05, 4.69) is 20.5 Å². The zero-order valence-electron chi connectivity index (χ0n) is 19.5. The van der Waals surface area contributed by atoms with Crippen molar-refractivity contribution in [3.05, 3.63) is 78.2 Å². The summed E-state index contributed by atoms with van der Waals surface area (Å²) in [6.45, 7) is 5.10. The van der Waals surface area contributed by atoms with Gasteiger partial charge in [-0.25, -0.2) is 9.37 Å². The molecule has 1 aliphatic heterocycles. The minimum Gasteiger partial charge on any atom is -0.378 e. The second-order valence-electron chi connectivity index (χ2n) is 8.05. The predicted octanol–water partition coefficient (Wildman–Crippen LogP) is 3.90. The van der Waals surface area contributed by atoms with Crippen LogP contribution in [0.2, 0.25) is 0 Å². The van der Waals surface area contributed by atoms with Gasteiger partial charge < -0.3 is 25.2 Å². The molecule has 182 valence electrons. The number of anilines is 4. The molecule has 1 aromatic heterocycles. The maximum Gasteiger partial charge on any atom is 0.258 e. The number of amides is 2. The lowest BCUT2D eigenvalue weighted by atomic mass is 10.2. The minimum atomic E-state index is -0.399. The summed E-state index contributed by atoms with van der Waals surface area (Å²) in [7, 11) is 0. The third-order valence-corrected chi connectivity index (χ3v) is 5.66. The van der Waals surface area contributed by atoms with Crippen molar-refractivity contribution in [2.24, 2.45) is 0 Å². The van der Waals surface area contributed by atoms with E-state index in [1.54, 1.807) is 37.4 Å². The van der Waals surface area contributed by atoms with Crippen molar-refractivity contribution in [2.75, 3.05) is 54.9 Å². The Balaban J connectivity index is 1.40. The topological polar surface area (TPSA) is 86.8 Å². The summed E-state index contributed by atoms with van der Waals surface area (Å²) in [6, 6.07) is 16.8. The van der Waals surface area contributed by atoms with Crippen molar-refractivity contribution in [2.45, 2.75) is 6.92 Å². The number of nitrogens with one attached hydrogen (secondary N) is 2. The molecule has 0 atom stereocenters. The van der Waals surface area contributed by atoms with Gasteiger partial charge in [-0.15, -0.1) is 0 Å². The van der Waals surface area contributed by atoms with Gasteiger partial charge in [0.2, 0.25) is 5.91 Å². The normalized spacial score (nSPS) is 13.3. The first-order valence-corrected chi connectivity index (χ1v) is 11.5. The number of likely N-dealkylation sites (N-methyl/N-ethyl adjacent to an activating group) is 1. The number of rotatable bonds is 8. The highest BCUT2D eigenvalue weighted by atomic mass is 19.1. The van der Waals surface area contributed by atoms with E-state index in [1.807, 2.05) is 24.3 Å². The molecule has 1 saturated heterocycles. The Morgan fingerprint density at radius 1 is 1.06 bits per heavy atom. The fourth-order valence-electron chi connectivity index (χ4n) is 3.83. The van der Waals surface area contributed by atoms with Gasteiger partial charge >= 0.3 is 0 Å². The smallest absolute Gasteiger partial charge is 0.258 e. The average molecular weight is 478 g/mol. The highest BCUT2D eigenvalue weighted by Gasteiger charge is 2.21. The molecule has 9 heteroatoms. The van der Waals surface area contributed by atoms with Crippen LogP contribution in [0, 0.1) is 5.82 Å². The highest BCUT2D eigenvalue weighted by molar-refractivity contribution is 6.02. The van der Waals surface area contributed by atoms with Crippen LogP contribution in [0.4, 0.5) is 27.3 Å². The summed E-state index contributed by atoms with van der Waals surface area (Å²) in [5, 5.41) is 5.84. The van der Waals surface area contributed by atoms with E-state index in [9.17, 15) is 14.0 Å². The van der Waals surface area contributed by atoms with Crippen LogP contribution in [0.3, 0.4) is 0 Å². The molecule has 0 unspecified atom stereocenters. The van der Waals surface area contributed by atoms with E-state index in [0.717, 1.165) is 18.8 Å². The lowest BCUT2D eigenvalue weighted by Gasteiger charge is -2.29. The van der Waals surface area contributed by atoms with E-state index in [4.69, 9.17) is 4.74 Å². The van der Waals surface area contributed by atoms with E-state index >= 15 is 0 Å². The van der Waals surface area contributed by atoms with E-state index in [-0.39, 0.29) is 18.4 Å². The second kappa shape index (κ2) is 11.4. The zero-order chi connectivity index (χ0) is 24.6.